The molecule has 0 saturated heterocycles. The summed E-state index contributed by atoms with van der Waals surface area (Å²) in [7, 11) is 0. The van der Waals surface area contributed by atoms with Crippen LogP contribution in [0.25, 0.3) is 0 Å². The molecular formula is C16H27NO. The molecule has 2 nitrogen and oxygen atoms in total. The average Bonchev–Trinajstić information content (AvgIpc) is 2.28. The first-order valence-electron chi connectivity index (χ1n) is 7.03. The van der Waals surface area contributed by atoms with E-state index in [1.807, 2.05) is 6.07 Å². The number of benzene rings is 1. The molecular weight excluding hydrogens is 222 g/mol. The Morgan fingerprint density at radius 1 is 1.11 bits per heavy atom. The van der Waals surface area contributed by atoms with Gasteiger partial charge in [0.15, 0.2) is 0 Å². The molecule has 1 aromatic rings. The highest BCUT2D eigenvalue weighted by atomic mass is 16.5. The highest BCUT2D eigenvalue weighted by Crippen LogP contribution is 2.26. The van der Waals surface area contributed by atoms with Gasteiger partial charge in [0.1, 0.15) is 5.75 Å². The van der Waals surface area contributed by atoms with Gasteiger partial charge < -0.3 is 10.1 Å². The lowest BCUT2D eigenvalue weighted by Crippen LogP contribution is -2.20. The SMILES string of the molecule is CCNC(C)c1ccccc1OC(C)CC(C)C. The molecule has 0 aromatic heterocycles. The van der Waals surface area contributed by atoms with Crippen LogP contribution in [-0.4, -0.2) is 12.6 Å². The van der Waals surface area contributed by atoms with Gasteiger partial charge >= 0.3 is 0 Å². The summed E-state index contributed by atoms with van der Waals surface area (Å²) >= 11 is 0. The minimum atomic E-state index is 0.264. The summed E-state index contributed by atoms with van der Waals surface area (Å²) in [5, 5.41) is 3.44. The molecule has 0 saturated carbocycles. The van der Waals surface area contributed by atoms with E-state index in [1.54, 1.807) is 0 Å². The summed E-state index contributed by atoms with van der Waals surface area (Å²) in [6, 6.07) is 8.66. The molecule has 2 heteroatoms. The van der Waals surface area contributed by atoms with Gasteiger partial charge in [-0.25, -0.2) is 0 Å². The van der Waals surface area contributed by atoms with Crippen molar-refractivity contribution in [3.63, 3.8) is 0 Å². The number of hydrogen-bond donors (Lipinski definition) is 1. The predicted molar refractivity (Wildman–Crippen MR) is 78.1 cm³/mol. The first-order valence-corrected chi connectivity index (χ1v) is 7.03. The molecule has 1 aromatic carbocycles. The maximum atomic E-state index is 6.08. The van der Waals surface area contributed by atoms with E-state index in [0.717, 1.165) is 18.7 Å². The summed E-state index contributed by atoms with van der Waals surface area (Å²) in [4.78, 5) is 0. The number of ether oxygens (including phenoxy) is 1. The maximum absolute atomic E-state index is 6.08. The zero-order chi connectivity index (χ0) is 13.5. The van der Waals surface area contributed by atoms with E-state index in [0.29, 0.717) is 12.0 Å². The Morgan fingerprint density at radius 3 is 2.39 bits per heavy atom. The van der Waals surface area contributed by atoms with Crippen molar-refractivity contribution in [2.45, 2.75) is 53.2 Å². The molecule has 0 fully saturated rings. The third-order valence-corrected chi connectivity index (χ3v) is 3.03. The standard InChI is InChI=1S/C16H27NO/c1-6-17-14(5)15-9-7-8-10-16(15)18-13(4)11-12(2)3/h7-10,12-14,17H,6,11H2,1-5H3. The second kappa shape index (κ2) is 7.42. The van der Waals surface area contributed by atoms with Crippen LogP contribution in [0.1, 0.15) is 52.6 Å². The molecule has 0 aliphatic carbocycles. The van der Waals surface area contributed by atoms with Crippen molar-refractivity contribution in [2.75, 3.05) is 6.54 Å². The first-order chi connectivity index (χ1) is 8.54. The van der Waals surface area contributed by atoms with Crippen LogP contribution in [0, 0.1) is 5.92 Å². The Labute approximate surface area is 112 Å². The van der Waals surface area contributed by atoms with E-state index < -0.39 is 0 Å². The van der Waals surface area contributed by atoms with Gasteiger partial charge in [0.05, 0.1) is 6.10 Å². The van der Waals surface area contributed by atoms with Crippen molar-refractivity contribution in [2.24, 2.45) is 5.92 Å². The molecule has 1 N–H and O–H groups in total. The Kier molecular flexibility index (Phi) is 6.20. The van der Waals surface area contributed by atoms with Crippen molar-refractivity contribution in [3.8, 4) is 5.75 Å². The summed E-state index contributed by atoms with van der Waals surface area (Å²) < 4.78 is 6.08. The molecule has 0 bridgehead atoms. The van der Waals surface area contributed by atoms with Gasteiger partial charge in [-0.15, -0.1) is 0 Å². The van der Waals surface area contributed by atoms with Gasteiger partial charge in [-0.1, -0.05) is 39.0 Å². The number of para-hydroxylation sites is 1. The van der Waals surface area contributed by atoms with Crippen molar-refractivity contribution in [1.82, 2.24) is 5.32 Å². The fourth-order valence-corrected chi connectivity index (χ4v) is 2.29. The molecule has 0 spiro atoms. The number of hydrogen-bond acceptors (Lipinski definition) is 2. The minimum Gasteiger partial charge on any atom is -0.490 e. The van der Waals surface area contributed by atoms with E-state index in [4.69, 9.17) is 4.74 Å². The normalized spacial score (nSPS) is 14.6. The van der Waals surface area contributed by atoms with Crippen LogP contribution in [-0.2, 0) is 0 Å². The van der Waals surface area contributed by atoms with E-state index in [2.05, 4.69) is 58.1 Å². The van der Waals surface area contributed by atoms with Gasteiger partial charge in [0.25, 0.3) is 0 Å². The zero-order valence-corrected chi connectivity index (χ0v) is 12.4. The van der Waals surface area contributed by atoms with Gasteiger partial charge in [0, 0.05) is 11.6 Å². The highest BCUT2D eigenvalue weighted by molar-refractivity contribution is 5.35. The van der Waals surface area contributed by atoms with Crippen molar-refractivity contribution in [3.05, 3.63) is 29.8 Å². The fraction of sp³-hybridized carbons (Fsp3) is 0.625. The molecule has 18 heavy (non-hydrogen) atoms. The summed E-state index contributed by atoms with van der Waals surface area (Å²) in [6.07, 6.45) is 1.35. The van der Waals surface area contributed by atoms with Crippen LogP contribution in [0.2, 0.25) is 0 Å². The average molecular weight is 249 g/mol. The van der Waals surface area contributed by atoms with Gasteiger partial charge in [-0.05, 0) is 38.8 Å². The molecule has 0 heterocycles. The number of nitrogens with one attached hydrogen (secondary N) is 1. The Morgan fingerprint density at radius 2 is 1.78 bits per heavy atom. The molecule has 0 amide bonds. The Balaban J connectivity index is 2.75. The summed E-state index contributed by atoms with van der Waals surface area (Å²) in [5.41, 5.74) is 1.25. The smallest absolute Gasteiger partial charge is 0.124 e. The van der Waals surface area contributed by atoms with Crippen molar-refractivity contribution >= 4 is 0 Å². The number of rotatable bonds is 7. The predicted octanol–water partition coefficient (Wildman–Crippen LogP) is 4.17. The lowest BCUT2D eigenvalue weighted by molar-refractivity contribution is 0.190. The molecule has 2 unspecified atom stereocenters. The summed E-state index contributed by atoms with van der Waals surface area (Å²) in [5.74, 6) is 1.68. The van der Waals surface area contributed by atoms with Gasteiger partial charge in [-0.3, -0.25) is 0 Å². The molecule has 1 rings (SSSR count). The molecule has 0 aliphatic rings. The fourth-order valence-electron chi connectivity index (χ4n) is 2.29. The molecule has 2 atom stereocenters. The quantitative estimate of drug-likeness (QED) is 0.783. The Hall–Kier alpha value is -1.02. The third kappa shape index (κ3) is 4.69. The highest BCUT2D eigenvalue weighted by Gasteiger charge is 2.13. The lowest BCUT2D eigenvalue weighted by Gasteiger charge is -2.22. The van der Waals surface area contributed by atoms with Crippen molar-refractivity contribution in [1.29, 1.82) is 0 Å². The zero-order valence-electron chi connectivity index (χ0n) is 12.4. The van der Waals surface area contributed by atoms with Crippen LogP contribution in [0.5, 0.6) is 5.75 Å². The monoisotopic (exact) mass is 249 g/mol. The van der Waals surface area contributed by atoms with Gasteiger partial charge in [-0.2, -0.15) is 0 Å². The van der Waals surface area contributed by atoms with Crippen LogP contribution in [0.4, 0.5) is 0 Å². The van der Waals surface area contributed by atoms with Crippen LogP contribution >= 0.6 is 0 Å². The first kappa shape index (κ1) is 15.0. The van der Waals surface area contributed by atoms with E-state index >= 15 is 0 Å². The topological polar surface area (TPSA) is 21.3 Å². The second-order valence-electron chi connectivity index (χ2n) is 5.38. The van der Waals surface area contributed by atoms with Gasteiger partial charge in [0.2, 0.25) is 0 Å². The van der Waals surface area contributed by atoms with Crippen LogP contribution in [0.15, 0.2) is 24.3 Å². The molecule has 0 aliphatic heterocycles. The van der Waals surface area contributed by atoms with E-state index in [9.17, 15) is 0 Å². The lowest BCUT2D eigenvalue weighted by atomic mass is 10.1. The minimum absolute atomic E-state index is 0.264. The maximum Gasteiger partial charge on any atom is 0.124 e. The molecule has 0 radical (unpaired) electrons. The van der Waals surface area contributed by atoms with Crippen LogP contribution in [0.3, 0.4) is 0 Å². The van der Waals surface area contributed by atoms with Crippen LogP contribution < -0.4 is 10.1 Å². The van der Waals surface area contributed by atoms with Crippen molar-refractivity contribution < 1.29 is 4.74 Å². The third-order valence-electron chi connectivity index (χ3n) is 3.03. The molecule has 102 valence electrons. The van der Waals surface area contributed by atoms with E-state index in [1.165, 1.54) is 5.56 Å². The summed E-state index contributed by atoms with van der Waals surface area (Å²) in [6.45, 7) is 11.9. The Bertz CT molecular complexity index is 349. The second-order valence-corrected chi connectivity index (χ2v) is 5.38. The van der Waals surface area contributed by atoms with E-state index in [-0.39, 0.29) is 6.10 Å². The largest absolute Gasteiger partial charge is 0.490 e.